The van der Waals surface area contributed by atoms with Crippen LogP contribution in [-0.2, 0) is 43.7 Å². The molecular formula is C34H35N3O6S. The first kappa shape index (κ1) is 32.1. The van der Waals surface area contributed by atoms with Gasteiger partial charge in [0.05, 0.1) is 12.0 Å². The van der Waals surface area contributed by atoms with Crippen LogP contribution in [0, 0.1) is 0 Å². The van der Waals surface area contributed by atoms with Crippen LogP contribution < -0.4 is 20.1 Å². The van der Waals surface area contributed by atoms with Crippen molar-refractivity contribution in [2.75, 3.05) is 13.7 Å². The maximum atomic E-state index is 13.7. The highest BCUT2D eigenvalue weighted by Gasteiger charge is 2.32. The Bertz CT molecular complexity index is 1630. The molecule has 10 heteroatoms. The molecule has 0 aliphatic heterocycles. The van der Waals surface area contributed by atoms with E-state index >= 15 is 0 Å². The van der Waals surface area contributed by atoms with Crippen LogP contribution in [0.15, 0.2) is 120 Å². The molecule has 2 unspecified atom stereocenters. The number of benzene rings is 4. The van der Waals surface area contributed by atoms with Gasteiger partial charge in [0.2, 0.25) is 21.7 Å². The number of carbonyl (C=O) groups excluding carboxylic acids is 3. The molecule has 0 bridgehead atoms. The SMILES string of the molecule is COc1ccc(CC(NC(=O)C(Cc2ccccc2)NS(=O)(=O)c2ccccc2)C(=O)C(=O)NCCc2ccccc2)cc1. The van der Waals surface area contributed by atoms with Gasteiger partial charge in [-0.25, -0.2) is 8.42 Å². The summed E-state index contributed by atoms with van der Waals surface area (Å²) in [6.45, 7) is 0.227. The van der Waals surface area contributed by atoms with Gasteiger partial charge in [-0.15, -0.1) is 0 Å². The van der Waals surface area contributed by atoms with Crippen LogP contribution in [0.2, 0.25) is 0 Å². The Morgan fingerprint density at radius 3 is 1.80 bits per heavy atom. The molecule has 4 aromatic carbocycles. The molecular weight excluding hydrogens is 578 g/mol. The lowest BCUT2D eigenvalue weighted by Crippen LogP contribution is -2.55. The number of amides is 2. The Hall–Kier alpha value is -4.80. The molecule has 44 heavy (non-hydrogen) atoms. The third-order valence-corrected chi connectivity index (χ3v) is 8.44. The zero-order valence-electron chi connectivity index (χ0n) is 24.3. The minimum absolute atomic E-state index is 0.00413. The molecule has 0 saturated carbocycles. The highest BCUT2D eigenvalue weighted by molar-refractivity contribution is 7.89. The molecule has 0 fully saturated rings. The Kier molecular flexibility index (Phi) is 11.4. The predicted octanol–water partition coefficient (Wildman–Crippen LogP) is 3.24. The van der Waals surface area contributed by atoms with E-state index in [9.17, 15) is 22.8 Å². The molecule has 0 saturated heterocycles. The number of sulfonamides is 1. The second-order valence-corrected chi connectivity index (χ2v) is 11.9. The summed E-state index contributed by atoms with van der Waals surface area (Å²) in [5.41, 5.74) is 2.38. The van der Waals surface area contributed by atoms with Crippen molar-refractivity contribution in [1.29, 1.82) is 0 Å². The zero-order chi connectivity index (χ0) is 31.4. The van der Waals surface area contributed by atoms with Gasteiger partial charge in [-0.05, 0) is 53.8 Å². The number of ether oxygens (including phenoxy) is 1. The van der Waals surface area contributed by atoms with Crippen molar-refractivity contribution in [3.8, 4) is 5.75 Å². The van der Waals surface area contributed by atoms with E-state index in [1.165, 1.54) is 19.2 Å². The van der Waals surface area contributed by atoms with Gasteiger partial charge in [-0.1, -0.05) is 91.0 Å². The number of hydrogen-bond acceptors (Lipinski definition) is 6. The van der Waals surface area contributed by atoms with Crippen LogP contribution in [0.3, 0.4) is 0 Å². The van der Waals surface area contributed by atoms with Crippen LogP contribution >= 0.6 is 0 Å². The number of Topliss-reactive ketones (excluding diaryl/α,β-unsaturated/α-hetero) is 1. The lowest BCUT2D eigenvalue weighted by Gasteiger charge is -2.23. The van der Waals surface area contributed by atoms with Crippen LogP contribution in [-0.4, -0.2) is 51.8 Å². The van der Waals surface area contributed by atoms with Crippen LogP contribution in [0.25, 0.3) is 0 Å². The first-order valence-corrected chi connectivity index (χ1v) is 15.6. The molecule has 0 radical (unpaired) electrons. The van der Waals surface area contributed by atoms with Crippen LogP contribution in [0.1, 0.15) is 16.7 Å². The second-order valence-electron chi connectivity index (χ2n) is 10.1. The normalized spacial score (nSPS) is 12.5. The van der Waals surface area contributed by atoms with Gasteiger partial charge in [0.1, 0.15) is 17.8 Å². The summed E-state index contributed by atoms with van der Waals surface area (Å²) in [4.78, 5) is 40.2. The molecule has 4 aromatic rings. The zero-order valence-corrected chi connectivity index (χ0v) is 25.1. The second kappa shape index (κ2) is 15.6. The number of ketones is 1. The fraction of sp³-hybridized carbons (Fsp3) is 0.206. The maximum absolute atomic E-state index is 13.7. The van der Waals surface area contributed by atoms with E-state index in [-0.39, 0.29) is 24.3 Å². The standard InChI is InChI=1S/C34H35N3O6S/c1-43-28-19-17-27(18-20-28)23-30(32(38)34(40)35-22-21-25-11-5-2-6-12-25)36-33(39)31(24-26-13-7-3-8-14-26)37-44(41,42)29-15-9-4-10-16-29/h2-20,30-31,37H,21-24H2,1H3,(H,35,40)(H,36,39). The fourth-order valence-electron chi connectivity index (χ4n) is 4.58. The van der Waals surface area contributed by atoms with Gasteiger partial charge in [-0.2, -0.15) is 4.72 Å². The highest BCUT2D eigenvalue weighted by atomic mass is 32.2. The minimum atomic E-state index is -4.09. The van der Waals surface area contributed by atoms with Crippen molar-refractivity contribution in [2.45, 2.75) is 36.2 Å². The number of hydrogen-bond donors (Lipinski definition) is 3. The summed E-state index contributed by atoms with van der Waals surface area (Å²) in [6, 6.07) is 30.5. The molecule has 0 aliphatic carbocycles. The van der Waals surface area contributed by atoms with Crippen LogP contribution in [0.5, 0.6) is 5.75 Å². The minimum Gasteiger partial charge on any atom is -0.497 e. The van der Waals surface area contributed by atoms with Crippen LogP contribution in [0.4, 0.5) is 0 Å². The van der Waals surface area contributed by atoms with E-state index in [1.54, 1.807) is 66.7 Å². The monoisotopic (exact) mass is 613 g/mol. The number of methoxy groups -OCH3 is 1. The van der Waals surface area contributed by atoms with E-state index in [1.807, 2.05) is 36.4 Å². The summed E-state index contributed by atoms with van der Waals surface area (Å²) in [5.74, 6) is -1.81. The van der Waals surface area contributed by atoms with Gasteiger partial charge in [0, 0.05) is 13.0 Å². The fourth-order valence-corrected chi connectivity index (χ4v) is 5.80. The summed E-state index contributed by atoms with van der Waals surface area (Å²) in [6.07, 6.45) is 0.547. The van der Waals surface area contributed by atoms with Crippen molar-refractivity contribution >= 4 is 27.6 Å². The van der Waals surface area contributed by atoms with E-state index < -0.39 is 39.7 Å². The molecule has 0 aromatic heterocycles. The topological polar surface area (TPSA) is 131 Å². The van der Waals surface area contributed by atoms with E-state index in [4.69, 9.17) is 4.74 Å². The lowest BCUT2D eigenvalue weighted by molar-refractivity contribution is -0.140. The predicted molar refractivity (Wildman–Crippen MR) is 167 cm³/mol. The third-order valence-electron chi connectivity index (χ3n) is 6.95. The van der Waals surface area contributed by atoms with Crippen molar-refractivity contribution in [2.24, 2.45) is 0 Å². The Morgan fingerprint density at radius 2 is 1.20 bits per heavy atom. The summed E-state index contributed by atoms with van der Waals surface area (Å²) in [7, 11) is -2.56. The average molecular weight is 614 g/mol. The first-order valence-electron chi connectivity index (χ1n) is 14.2. The van der Waals surface area contributed by atoms with Crippen molar-refractivity contribution < 1.29 is 27.5 Å². The number of nitrogens with one attached hydrogen (secondary N) is 3. The molecule has 2 amide bonds. The molecule has 4 rings (SSSR count). The van der Waals surface area contributed by atoms with E-state index in [0.29, 0.717) is 23.3 Å². The van der Waals surface area contributed by atoms with E-state index in [0.717, 1.165) is 5.56 Å². The molecule has 0 spiro atoms. The smallest absolute Gasteiger partial charge is 0.289 e. The molecule has 228 valence electrons. The van der Waals surface area contributed by atoms with Crippen molar-refractivity contribution in [1.82, 2.24) is 15.4 Å². The Balaban J connectivity index is 1.55. The van der Waals surface area contributed by atoms with Gasteiger partial charge in [-0.3, -0.25) is 14.4 Å². The molecule has 9 nitrogen and oxygen atoms in total. The third kappa shape index (κ3) is 9.35. The number of rotatable bonds is 15. The van der Waals surface area contributed by atoms with Gasteiger partial charge < -0.3 is 15.4 Å². The highest BCUT2D eigenvalue weighted by Crippen LogP contribution is 2.15. The van der Waals surface area contributed by atoms with Gasteiger partial charge >= 0.3 is 0 Å². The maximum Gasteiger partial charge on any atom is 0.289 e. The van der Waals surface area contributed by atoms with Crippen molar-refractivity contribution in [3.05, 3.63) is 132 Å². The largest absolute Gasteiger partial charge is 0.497 e. The molecule has 0 heterocycles. The Morgan fingerprint density at radius 1 is 0.682 bits per heavy atom. The molecule has 3 N–H and O–H groups in total. The summed E-state index contributed by atoms with van der Waals surface area (Å²) >= 11 is 0. The first-order chi connectivity index (χ1) is 21.2. The quantitative estimate of drug-likeness (QED) is 0.177. The van der Waals surface area contributed by atoms with E-state index in [2.05, 4.69) is 15.4 Å². The number of carbonyl (C=O) groups is 3. The summed E-state index contributed by atoms with van der Waals surface area (Å²) < 4.78 is 34.1. The lowest BCUT2D eigenvalue weighted by atomic mass is 10.00. The average Bonchev–Trinajstić information content (AvgIpc) is 3.05. The van der Waals surface area contributed by atoms with Crippen molar-refractivity contribution in [3.63, 3.8) is 0 Å². The summed E-state index contributed by atoms with van der Waals surface area (Å²) in [5, 5.41) is 5.32. The van der Waals surface area contributed by atoms with Gasteiger partial charge in [0.15, 0.2) is 0 Å². The van der Waals surface area contributed by atoms with Gasteiger partial charge in [0.25, 0.3) is 5.91 Å². The Labute approximate surface area is 257 Å². The molecule has 2 atom stereocenters. The molecule has 0 aliphatic rings.